The first kappa shape index (κ1) is 18.4. The fourth-order valence-electron chi connectivity index (χ4n) is 1.99. The molecule has 0 saturated heterocycles. The summed E-state index contributed by atoms with van der Waals surface area (Å²) in [5.74, 6) is -0.290. The minimum atomic E-state index is -3.61. The van der Waals surface area contributed by atoms with Crippen LogP contribution in [0.2, 0.25) is 5.02 Å². The van der Waals surface area contributed by atoms with Gasteiger partial charge in [0.15, 0.2) is 0 Å². The number of aryl methyl sites for hydroxylation is 2. The van der Waals surface area contributed by atoms with E-state index in [1.165, 1.54) is 12.1 Å². The van der Waals surface area contributed by atoms with Crippen LogP contribution in [0, 0.1) is 13.8 Å². The van der Waals surface area contributed by atoms with E-state index >= 15 is 0 Å². The number of hydrogen-bond donors (Lipinski definition) is 2. The molecule has 2 N–H and O–H groups in total. The van der Waals surface area contributed by atoms with Crippen molar-refractivity contribution in [3.05, 3.63) is 58.6 Å². The van der Waals surface area contributed by atoms with Crippen LogP contribution < -0.4 is 10.0 Å². The first-order valence-electron chi connectivity index (χ1n) is 7.40. The molecule has 1 amide bonds. The molecule has 0 radical (unpaired) electrons. The SMILES string of the molecule is Cc1ccc(S(=O)(=O)NCCC(=O)Nc2ccc(C)c(Cl)c2)cc1. The number of carbonyl (C=O) groups is 1. The van der Waals surface area contributed by atoms with Crippen molar-refractivity contribution in [1.29, 1.82) is 0 Å². The van der Waals surface area contributed by atoms with Gasteiger partial charge in [0.1, 0.15) is 0 Å². The Morgan fingerprint density at radius 1 is 1.08 bits per heavy atom. The molecule has 0 fully saturated rings. The van der Waals surface area contributed by atoms with E-state index < -0.39 is 10.0 Å². The predicted molar refractivity (Wildman–Crippen MR) is 95.8 cm³/mol. The number of halogens is 1. The maximum absolute atomic E-state index is 12.1. The van der Waals surface area contributed by atoms with E-state index in [0.717, 1.165) is 11.1 Å². The molecule has 0 unspecified atom stereocenters. The van der Waals surface area contributed by atoms with Crippen molar-refractivity contribution in [3.63, 3.8) is 0 Å². The molecule has 7 heteroatoms. The van der Waals surface area contributed by atoms with Crippen molar-refractivity contribution < 1.29 is 13.2 Å². The number of anilines is 1. The van der Waals surface area contributed by atoms with Gasteiger partial charge in [-0.05, 0) is 43.7 Å². The summed E-state index contributed by atoms with van der Waals surface area (Å²) >= 11 is 6.00. The maximum atomic E-state index is 12.1. The monoisotopic (exact) mass is 366 g/mol. The highest BCUT2D eigenvalue weighted by molar-refractivity contribution is 7.89. The largest absolute Gasteiger partial charge is 0.326 e. The Morgan fingerprint density at radius 2 is 1.75 bits per heavy atom. The number of sulfonamides is 1. The normalized spacial score (nSPS) is 11.3. The van der Waals surface area contributed by atoms with Gasteiger partial charge in [0.2, 0.25) is 15.9 Å². The lowest BCUT2D eigenvalue weighted by molar-refractivity contribution is -0.116. The van der Waals surface area contributed by atoms with Crippen molar-refractivity contribution in [2.75, 3.05) is 11.9 Å². The van der Waals surface area contributed by atoms with Crippen LogP contribution in [0.1, 0.15) is 17.5 Å². The zero-order valence-electron chi connectivity index (χ0n) is 13.5. The quantitative estimate of drug-likeness (QED) is 0.823. The van der Waals surface area contributed by atoms with Crippen molar-refractivity contribution in [3.8, 4) is 0 Å². The number of carbonyl (C=O) groups excluding carboxylic acids is 1. The van der Waals surface area contributed by atoms with E-state index in [4.69, 9.17) is 11.6 Å². The number of amides is 1. The third kappa shape index (κ3) is 5.06. The summed E-state index contributed by atoms with van der Waals surface area (Å²) in [6.45, 7) is 3.76. The Balaban J connectivity index is 1.87. The van der Waals surface area contributed by atoms with Crippen molar-refractivity contribution in [2.24, 2.45) is 0 Å². The molecule has 0 aromatic heterocycles. The first-order valence-corrected chi connectivity index (χ1v) is 9.26. The summed E-state index contributed by atoms with van der Waals surface area (Å²) in [5, 5.41) is 3.25. The molecule has 2 aromatic carbocycles. The van der Waals surface area contributed by atoms with Crippen LogP contribution in [0.5, 0.6) is 0 Å². The van der Waals surface area contributed by atoms with Gasteiger partial charge in [0, 0.05) is 23.7 Å². The fraction of sp³-hybridized carbons (Fsp3) is 0.235. The van der Waals surface area contributed by atoms with Crippen LogP contribution in [0.4, 0.5) is 5.69 Å². The Bertz CT molecular complexity index is 833. The van der Waals surface area contributed by atoms with Crippen molar-refractivity contribution in [2.45, 2.75) is 25.2 Å². The van der Waals surface area contributed by atoms with E-state index in [-0.39, 0.29) is 23.8 Å². The first-order chi connectivity index (χ1) is 11.3. The molecule has 128 valence electrons. The molecule has 0 atom stereocenters. The van der Waals surface area contributed by atoms with E-state index in [2.05, 4.69) is 10.0 Å². The predicted octanol–water partition coefficient (Wildman–Crippen LogP) is 3.26. The summed E-state index contributed by atoms with van der Waals surface area (Å²) in [5.41, 5.74) is 2.47. The second-order valence-corrected chi connectivity index (χ2v) is 7.65. The van der Waals surface area contributed by atoms with Crippen LogP contribution in [-0.4, -0.2) is 20.9 Å². The Hall–Kier alpha value is -1.89. The molecule has 24 heavy (non-hydrogen) atoms. The Labute approximate surface area is 147 Å². The van der Waals surface area contributed by atoms with Gasteiger partial charge in [-0.15, -0.1) is 0 Å². The third-order valence-corrected chi connectivity index (χ3v) is 5.32. The van der Waals surface area contributed by atoms with E-state index in [9.17, 15) is 13.2 Å². The van der Waals surface area contributed by atoms with Crippen molar-refractivity contribution in [1.82, 2.24) is 4.72 Å². The lowest BCUT2D eigenvalue weighted by atomic mass is 10.2. The zero-order valence-corrected chi connectivity index (χ0v) is 15.0. The fourth-order valence-corrected chi connectivity index (χ4v) is 3.21. The summed E-state index contributed by atoms with van der Waals surface area (Å²) in [4.78, 5) is 12.1. The molecule has 0 aliphatic heterocycles. The smallest absolute Gasteiger partial charge is 0.240 e. The van der Waals surface area contributed by atoms with Gasteiger partial charge in [-0.2, -0.15) is 0 Å². The molecule has 0 bridgehead atoms. The van der Waals surface area contributed by atoms with Gasteiger partial charge in [-0.25, -0.2) is 13.1 Å². The molecule has 5 nitrogen and oxygen atoms in total. The Morgan fingerprint density at radius 3 is 2.38 bits per heavy atom. The molecule has 0 spiro atoms. The summed E-state index contributed by atoms with van der Waals surface area (Å²) in [7, 11) is -3.61. The Kier molecular flexibility index (Phi) is 5.99. The number of hydrogen-bond acceptors (Lipinski definition) is 3. The highest BCUT2D eigenvalue weighted by Crippen LogP contribution is 2.20. The molecular weight excluding hydrogens is 348 g/mol. The molecule has 0 aliphatic carbocycles. The minimum absolute atomic E-state index is 0.0155. The second kappa shape index (κ2) is 7.79. The van der Waals surface area contributed by atoms with E-state index in [1.807, 2.05) is 13.8 Å². The van der Waals surface area contributed by atoms with Crippen molar-refractivity contribution >= 4 is 33.2 Å². The summed E-state index contributed by atoms with van der Waals surface area (Å²) in [6, 6.07) is 11.7. The van der Waals surface area contributed by atoms with Gasteiger partial charge in [-0.1, -0.05) is 35.4 Å². The maximum Gasteiger partial charge on any atom is 0.240 e. The molecule has 0 saturated carbocycles. The molecule has 0 aliphatic rings. The standard InChI is InChI=1S/C17H19ClN2O3S/c1-12-3-7-15(8-4-12)24(22,23)19-10-9-17(21)20-14-6-5-13(2)16(18)11-14/h3-8,11,19H,9-10H2,1-2H3,(H,20,21). The van der Waals surface area contributed by atoms with Gasteiger partial charge >= 0.3 is 0 Å². The highest BCUT2D eigenvalue weighted by atomic mass is 35.5. The number of rotatable bonds is 6. The van der Waals surface area contributed by atoms with E-state index in [1.54, 1.807) is 30.3 Å². The van der Waals surface area contributed by atoms with Gasteiger partial charge in [-0.3, -0.25) is 4.79 Å². The molecular formula is C17H19ClN2O3S. The van der Waals surface area contributed by atoms with Crippen LogP contribution in [0.25, 0.3) is 0 Å². The van der Waals surface area contributed by atoms with Gasteiger partial charge in [0.25, 0.3) is 0 Å². The summed E-state index contributed by atoms with van der Waals surface area (Å²) in [6.07, 6.45) is 0.0244. The second-order valence-electron chi connectivity index (χ2n) is 5.47. The van der Waals surface area contributed by atoms with Crippen LogP contribution in [-0.2, 0) is 14.8 Å². The highest BCUT2D eigenvalue weighted by Gasteiger charge is 2.14. The molecule has 0 heterocycles. The lowest BCUT2D eigenvalue weighted by Crippen LogP contribution is -2.27. The summed E-state index contributed by atoms with van der Waals surface area (Å²) < 4.78 is 26.6. The van der Waals surface area contributed by atoms with E-state index in [0.29, 0.717) is 10.7 Å². The molecule has 2 rings (SSSR count). The lowest BCUT2D eigenvalue weighted by Gasteiger charge is -2.09. The average molecular weight is 367 g/mol. The van der Waals surface area contributed by atoms with Gasteiger partial charge < -0.3 is 5.32 Å². The zero-order chi connectivity index (χ0) is 17.7. The van der Waals surface area contributed by atoms with Crippen LogP contribution in [0.15, 0.2) is 47.4 Å². The molecule has 2 aromatic rings. The third-order valence-electron chi connectivity index (χ3n) is 3.43. The van der Waals surface area contributed by atoms with Crippen LogP contribution in [0.3, 0.4) is 0 Å². The minimum Gasteiger partial charge on any atom is -0.326 e. The topological polar surface area (TPSA) is 75.3 Å². The van der Waals surface area contributed by atoms with Gasteiger partial charge in [0.05, 0.1) is 4.90 Å². The average Bonchev–Trinajstić information content (AvgIpc) is 2.51. The van der Waals surface area contributed by atoms with Crippen LogP contribution >= 0.6 is 11.6 Å². The number of benzene rings is 2. The number of nitrogens with one attached hydrogen (secondary N) is 2.